The Morgan fingerprint density at radius 3 is 2.42 bits per heavy atom. The average Bonchev–Trinajstić information content (AvgIpc) is 2.68. The molecule has 100 valence electrons. The summed E-state index contributed by atoms with van der Waals surface area (Å²) in [6.07, 6.45) is -4.87. The predicted molar refractivity (Wildman–Crippen MR) is 52.4 cm³/mol. The van der Waals surface area contributed by atoms with Crippen molar-refractivity contribution in [2.75, 3.05) is 0 Å². The van der Waals surface area contributed by atoms with Gasteiger partial charge in [0.05, 0.1) is 6.20 Å². The van der Waals surface area contributed by atoms with Crippen molar-refractivity contribution < 1.29 is 22.0 Å². The molecule has 0 aromatic carbocycles. The third-order valence-electron chi connectivity index (χ3n) is 2.40. The Hall–Kier alpha value is -2.24. The lowest BCUT2D eigenvalue weighted by atomic mass is 10.2. The second-order valence-electron chi connectivity index (χ2n) is 3.76. The van der Waals surface area contributed by atoms with Crippen LogP contribution in [0.3, 0.4) is 0 Å². The highest BCUT2D eigenvalue weighted by Gasteiger charge is 2.60. The van der Waals surface area contributed by atoms with Crippen LogP contribution in [0.25, 0.3) is 5.65 Å². The molecular formula is C10H5F5N4. The van der Waals surface area contributed by atoms with Gasteiger partial charge in [0.2, 0.25) is 0 Å². The van der Waals surface area contributed by atoms with E-state index < -0.39 is 17.8 Å². The van der Waals surface area contributed by atoms with E-state index in [1.54, 1.807) is 6.07 Å². The highest BCUT2D eigenvalue weighted by molar-refractivity contribution is 5.55. The zero-order chi connectivity index (χ0) is 14.4. The molecule has 0 unspecified atom stereocenters. The number of nitriles is 1. The van der Waals surface area contributed by atoms with Gasteiger partial charge in [0.15, 0.2) is 5.65 Å². The summed E-state index contributed by atoms with van der Waals surface area (Å²) in [7, 11) is 0. The second kappa shape index (κ2) is 3.88. The molecule has 0 radical (unpaired) electrons. The lowest BCUT2D eigenvalue weighted by Crippen LogP contribution is -2.36. The molecule has 0 aliphatic heterocycles. The summed E-state index contributed by atoms with van der Waals surface area (Å²) in [4.78, 5) is 3.74. The maximum atomic E-state index is 13.4. The van der Waals surface area contributed by atoms with Crippen LogP contribution in [0.5, 0.6) is 0 Å². The van der Waals surface area contributed by atoms with E-state index in [2.05, 4.69) is 10.1 Å². The van der Waals surface area contributed by atoms with E-state index in [1.165, 1.54) is 6.92 Å². The second-order valence-corrected chi connectivity index (χ2v) is 3.76. The van der Waals surface area contributed by atoms with E-state index in [-0.39, 0.29) is 16.9 Å². The van der Waals surface area contributed by atoms with Crippen LogP contribution in [0.2, 0.25) is 0 Å². The fourth-order valence-electron chi connectivity index (χ4n) is 1.53. The summed E-state index contributed by atoms with van der Waals surface area (Å²) in [6, 6.07) is 2.21. The average molecular weight is 276 g/mol. The molecule has 9 heteroatoms. The molecule has 0 spiro atoms. The molecule has 2 aromatic rings. The van der Waals surface area contributed by atoms with E-state index in [1.807, 2.05) is 0 Å². The molecule has 0 fully saturated rings. The Kier molecular flexibility index (Phi) is 2.69. The van der Waals surface area contributed by atoms with Crippen molar-refractivity contribution >= 4 is 5.65 Å². The van der Waals surface area contributed by atoms with E-state index >= 15 is 0 Å². The minimum atomic E-state index is -5.76. The van der Waals surface area contributed by atoms with Crippen LogP contribution in [-0.4, -0.2) is 20.8 Å². The van der Waals surface area contributed by atoms with Gasteiger partial charge in [0.1, 0.15) is 17.3 Å². The van der Waals surface area contributed by atoms with Crippen molar-refractivity contribution in [3.63, 3.8) is 0 Å². The highest BCUT2D eigenvalue weighted by atomic mass is 19.4. The van der Waals surface area contributed by atoms with Crippen LogP contribution < -0.4 is 0 Å². The van der Waals surface area contributed by atoms with Crippen LogP contribution in [0.1, 0.15) is 17.0 Å². The number of alkyl halides is 5. The van der Waals surface area contributed by atoms with Gasteiger partial charge in [-0.15, -0.1) is 0 Å². The minimum Gasteiger partial charge on any atom is -0.233 e. The fraction of sp³-hybridized carbons (Fsp3) is 0.300. The van der Waals surface area contributed by atoms with Crippen molar-refractivity contribution in [3.8, 4) is 6.07 Å². The molecule has 0 saturated heterocycles. The summed E-state index contributed by atoms with van der Waals surface area (Å²) in [5.74, 6) is -5.09. The summed E-state index contributed by atoms with van der Waals surface area (Å²) < 4.78 is 64.3. The first-order chi connectivity index (χ1) is 8.68. The molecule has 2 aromatic heterocycles. The maximum Gasteiger partial charge on any atom is 0.459 e. The van der Waals surface area contributed by atoms with Gasteiger partial charge in [0.25, 0.3) is 0 Å². The molecular weight excluding hydrogens is 271 g/mol. The van der Waals surface area contributed by atoms with Crippen LogP contribution in [0.4, 0.5) is 22.0 Å². The molecule has 19 heavy (non-hydrogen) atoms. The molecule has 0 N–H and O–H groups in total. The number of hydrogen-bond acceptors (Lipinski definition) is 3. The first-order valence-corrected chi connectivity index (χ1v) is 4.89. The molecule has 2 heterocycles. The molecule has 0 amide bonds. The summed E-state index contributed by atoms with van der Waals surface area (Å²) in [5, 5.41) is 12.1. The van der Waals surface area contributed by atoms with Crippen LogP contribution in [0.15, 0.2) is 12.3 Å². The van der Waals surface area contributed by atoms with Gasteiger partial charge < -0.3 is 0 Å². The number of fused-ring (bicyclic) bond motifs is 1. The van der Waals surface area contributed by atoms with Crippen LogP contribution in [0, 0.1) is 18.3 Å². The highest BCUT2D eigenvalue weighted by Crippen LogP contribution is 2.43. The summed E-state index contributed by atoms with van der Waals surface area (Å²) in [5.41, 5.74) is -1.95. The number of nitrogens with zero attached hydrogens (tertiary/aromatic N) is 4. The van der Waals surface area contributed by atoms with E-state index in [0.29, 0.717) is 10.6 Å². The number of aryl methyl sites for hydroxylation is 1. The van der Waals surface area contributed by atoms with Crippen LogP contribution >= 0.6 is 0 Å². The van der Waals surface area contributed by atoms with Gasteiger partial charge in [-0.05, 0) is 13.0 Å². The van der Waals surface area contributed by atoms with E-state index in [9.17, 15) is 22.0 Å². The Bertz CT molecular complexity index is 680. The number of halogens is 5. The number of hydrogen-bond donors (Lipinski definition) is 0. The van der Waals surface area contributed by atoms with Gasteiger partial charge in [-0.1, -0.05) is 0 Å². The third-order valence-corrected chi connectivity index (χ3v) is 2.40. The Balaban J connectivity index is 2.82. The first kappa shape index (κ1) is 13.2. The smallest absolute Gasteiger partial charge is 0.233 e. The number of aromatic nitrogens is 3. The lowest BCUT2D eigenvalue weighted by molar-refractivity contribution is -0.291. The number of rotatable bonds is 1. The molecule has 0 aliphatic carbocycles. The van der Waals surface area contributed by atoms with Crippen LogP contribution in [-0.2, 0) is 5.92 Å². The molecule has 2 rings (SSSR count). The molecule has 0 atom stereocenters. The van der Waals surface area contributed by atoms with Gasteiger partial charge >= 0.3 is 12.1 Å². The normalized spacial score (nSPS) is 12.7. The SMILES string of the molecule is Cc1cc(C(F)(F)C(F)(F)F)n2ncc(C#N)c2n1. The molecule has 4 nitrogen and oxygen atoms in total. The van der Waals surface area contributed by atoms with Crippen molar-refractivity contribution in [1.29, 1.82) is 5.26 Å². The van der Waals surface area contributed by atoms with Gasteiger partial charge in [-0.2, -0.15) is 32.3 Å². The van der Waals surface area contributed by atoms with Crippen molar-refractivity contribution in [2.45, 2.75) is 19.0 Å². The fourth-order valence-corrected chi connectivity index (χ4v) is 1.53. The zero-order valence-corrected chi connectivity index (χ0v) is 9.33. The van der Waals surface area contributed by atoms with Crippen molar-refractivity contribution in [1.82, 2.24) is 14.6 Å². The Morgan fingerprint density at radius 2 is 1.89 bits per heavy atom. The first-order valence-electron chi connectivity index (χ1n) is 4.89. The van der Waals surface area contributed by atoms with Gasteiger partial charge in [0, 0.05) is 5.69 Å². The van der Waals surface area contributed by atoms with Crippen molar-refractivity contribution in [2.24, 2.45) is 0 Å². The standard InChI is InChI=1S/C10H5F5N4/c1-5-2-7(9(11,12)10(13,14)15)19-8(18-5)6(3-16)4-17-19/h2,4H,1H3. The topological polar surface area (TPSA) is 54.0 Å². The Labute approximate surface area is 103 Å². The quantitative estimate of drug-likeness (QED) is 0.752. The van der Waals surface area contributed by atoms with Gasteiger partial charge in [-0.25, -0.2) is 9.50 Å². The van der Waals surface area contributed by atoms with E-state index in [0.717, 1.165) is 6.20 Å². The van der Waals surface area contributed by atoms with Gasteiger partial charge in [-0.3, -0.25) is 0 Å². The van der Waals surface area contributed by atoms with Crippen molar-refractivity contribution in [3.05, 3.63) is 29.2 Å². The third kappa shape index (κ3) is 1.89. The van der Waals surface area contributed by atoms with E-state index in [4.69, 9.17) is 5.26 Å². The monoisotopic (exact) mass is 276 g/mol. The Morgan fingerprint density at radius 1 is 1.26 bits per heavy atom. The summed E-state index contributed by atoms with van der Waals surface area (Å²) >= 11 is 0. The molecule has 0 bridgehead atoms. The largest absolute Gasteiger partial charge is 0.459 e. The summed E-state index contributed by atoms with van der Waals surface area (Å²) in [6.45, 7) is 1.25. The zero-order valence-electron chi connectivity index (χ0n) is 9.33. The predicted octanol–water partition coefficient (Wildman–Crippen LogP) is 2.56. The lowest BCUT2D eigenvalue weighted by Gasteiger charge is -2.20. The molecule has 0 saturated carbocycles. The minimum absolute atomic E-state index is 0.0663. The molecule has 0 aliphatic rings. The maximum absolute atomic E-state index is 13.4.